The lowest BCUT2D eigenvalue weighted by Gasteiger charge is -2.30. The van der Waals surface area contributed by atoms with Crippen LogP contribution in [0, 0.1) is 6.92 Å². The number of β-amino-alcohol motifs (C(OH)–C–C–N with tert-alkyl or cyclic N) is 1. The Balaban J connectivity index is 1.45. The molecule has 3 aromatic rings. The largest absolute Gasteiger partial charge is 0.484 e. The molecule has 1 aromatic heterocycles. The maximum atomic E-state index is 10.1. The lowest BCUT2D eigenvalue weighted by Crippen LogP contribution is -2.39. The summed E-state index contributed by atoms with van der Waals surface area (Å²) in [7, 11) is 0. The van der Waals surface area contributed by atoms with Gasteiger partial charge in [0.2, 0.25) is 0 Å². The van der Waals surface area contributed by atoms with Crippen LogP contribution in [0.5, 0.6) is 5.75 Å². The standard InChI is InChI=1S/C25H28Cl2N4O2/c1-14(2)25-29-28-15(3)31(25)17-4-6-19(7-5-17)33-24-21-10-16(26)11-22(27)20(21)12-23(24)30-9-8-18(32)13-30/h4-7,10-11,14,18,23-24,32H,8-9,12-13H2,1-3H3/t18-,23+,24?/m1/s1. The first-order valence-electron chi connectivity index (χ1n) is 11.4. The van der Waals surface area contributed by atoms with Crippen molar-refractivity contribution in [2.24, 2.45) is 0 Å². The monoisotopic (exact) mass is 486 g/mol. The first-order valence-corrected chi connectivity index (χ1v) is 12.2. The number of aliphatic hydroxyl groups is 1. The van der Waals surface area contributed by atoms with Gasteiger partial charge in [-0.25, -0.2) is 0 Å². The highest BCUT2D eigenvalue weighted by Gasteiger charge is 2.41. The van der Waals surface area contributed by atoms with Crippen LogP contribution in [-0.2, 0) is 6.42 Å². The Hall–Kier alpha value is -2.12. The first kappa shape index (κ1) is 22.7. The summed E-state index contributed by atoms with van der Waals surface area (Å²) < 4.78 is 8.65. The third-order valence-corrected chi connectivity index (χ3v) is 7.21. The number of hydrogen-bond acceptors (Lipinski definition) is 5. The summed E-state index contributed by atoms with van der Waals surface area (Å²) in [5.74, 6) is 2.83. The van der Waals surface area contributed by atoms with E-state index in [-0.39, 0.29) is 24.2 Å². The van der Waals surface area contributed by atoms with E-state index in [2.05, 4.69) is 33.5 Å². The third kappa shape index (κ3) is 4.26. The van der Waals surface area contributed by atoms with E-state index in [1.807, 2.05) is 37.3 Å². The van der Waals surface area contributed by atoms with Crippen LogP contribution in [0.3, 0.4) is 0 Å². The molecule has 2 heterocycles. The zero-order chi connectivity index (χ0) is 23.3. The number of aryl methyl sites for hydroxylation is 1. The zero-order valence-electron chi connectivity index (χ0n) is 19.0. The Kier molecular flexibility index (Phi) is 6.12. The third-order valence-electron chi connectivity index (χ3n) is 6.65. The highest BCUT2D eigenvalue weighted by molar-refractivity contribution is 6.35. The van der Waals surface area contributed by atoms with Gasteiger partial charge in [-0.1, -0.05) is 37.0 Å². The molecular formula is C25H28Cl2N4O2. The fraction of sp³-hybridized carbons (Fsp3) is 0.440. The van der Waals surface area contributed by atoms with Gasteiger partial charge >= 0.3 is 0 Å². The number of aromatic nitrogens is 3. The number of fused-ring (bicyclic) bond motifs is 1. The van der Waals surface area contributed by atoms with E-state index in [4.69, 9.17) is 27.9 Å². The molecule has 1 saturated heterocycles. The highest BCUT2D eigenvalue weighted by Crippen LogP contribution is 2.43. The van der Waals surface area contributed by atoms with E-state index in [1.54, 1.807) is 6.07 Å². The fourth-order valence-electron chi connectivity index (χ4n) is 5.04. The number of benzene rings is 2. The second-order valence-corrected chi connectivity index (χ2v) is 10.1. The van der Waals surface area contributed by atoms with Crippen LogP contribution in [0.4, 0.5) is 0 Å². The van der Waals surface area contributed by atoms with Crippen molar-refractivity contribution in [1.29, 1.82) is 0 Å². The van der Waals surface area contributed by atoms with E-state index in [1.165, 1.54) is 0 Å². The van der Waals surface area contributed by atoms with Crippen molar-refractivity contribution in [2.75, 3.05) is 13.1 Å². The number of rotatable bonds is 5. The molecule has 1 unspecified atom stereocenters. The van der Waals surface area contributed by atoms with Gasteiger partial charge in [-0.05, 0) is 61.7 Å². The Morgan fingerprint density at radius 2 is 1.88 bits per heavy atom. The van der Waals surface area contributed by atoms with Crippen LogP contribution in [-0.4, -0.2) is 50.0 Å². The second-order valence-electron chi connectivity index (χ2n) is 9.29. The molecule has 33 heavy (non-hydrogen) atoms. The molecule has 2 aliphatic rings. The predicted octanol–water partition coefficient (Wildman–Crippen LogP) is 5.12. The summed E-state index contributed by atoms with van der Waals surface area (Å²) >= 11 is 12.9. The zero-order valence-corrected chi connectivity index (χ0v) is 20.5. The normalized spacial score (nSPS) is 22.8. The molecule has 174 valence electrons. The Morgan fingerprint density at radius 1 is 1.12 bits per heavy atom. The van der Waals surface area contributed by atoms with E-state index in [0.717, 1.165) is 53.6 Å². The molecule has 0 amide bonds. The summed E-state index contributed by atoms with van der Waals surface area (Å²) in [6, 6.07) is 11.9. The quantitative estimate of drug-likeness (QED) is 0.542. The number of likely N-dealkylation sites (tertiary alicyclic amines) is 1. The van der Waals surface area contributed by atoms with Gasteiger partial charge in [0.15, 0.2) is 0 Å². The molecule has 1 fully saturated rings. The molecule has 0 saturated carbocycles. The summed E-state index contributed by atoms with van der Waals surface area (Å²) in [5, 5.41) is 20.0. The average Bonchev–Trinajstić information content (AvgIpc) is 3.46. The highest BCUT2D eigenvalue weighted by atomic mass is 35.5. The Bertz CT molecular complexity index is 1160. The Morgan fingerprint density at radius 3 is 2.55 bits per heavy atom. The molecule has 1 N–H and O–H groups in total. The van der Waals surface area contributed by atoms with E-state index in [9.17, 15) is 5.11 Å². The lowest BCUT2D eigenvalue weighted by molar-refractivity contribution is 0.0818. The molecule has 1 aliphatic heterocycles. The maximum Gasteiger partial charge on any atom is 0.140 e. The minimum atomic E-state index is -0.296. The van der Waals surface area contributed by atoms with Crippen LogP contribution >= 0.6 is 23.2 Å². The molecule has 0 spiro atoms. The summed E-state index contributed by atoms with van der Waals surface area (Å²) in [4.78, 5) is 2.31. The van der Waals surface area contributed by atoms with Gasteiger partial charge in [0.25, 0.3) is 0 Å². The van der Waals surface area contributed by atoms with E-state index < -0.39 is 0 Å². The second kappa shape index (κ2) is 8.91. The van der Waals surface area contributed by atoms with Gasteiger partial charge < -0.3 is 9.84 Å². The van der Waals surface area contributed by atoms with Gasteiger partial charge in [-0.3, -0.25) is 9.47 Å². The van der Waals surface area contributed by atoms with Crippen molar-refractivity contribution >= 4 is 23.2 Å². The van der Waals surface area contributed by atoms with Gasteiger partial charge in [-0.2, -0.15) is 0 Å². The Labute approximate surface area is 204 Å². The number of ether oxygens (including phenoxy) is 1. The van der Waals surface area contributed by atoms with Crippen LogP contribution in [0.15, 0.2) is 36.4 Å². The summed E-state index contributed by atoms with van der Waals surface area (Å²) in [5.41, 5.74) is 3.11. The number of halogens is 2. The van der Waals surface area contributed by atoms with Crippen molar-refractivity contribution in [3.8, 4) is 11.4 Å². The molecule has 2 aromatic carbocycles. The minimum Gasteiger partial charge on any atom is -0.484 e. The molecule has 1 aliphatic carbocycles. The van der Waals surface area contributed by atoms with E-state index >= 15 is 0 Å². The van der Waals surface area contributed by atoms with E-state index in [0.29, 0.717) is 16.6 Å². The molecule has 0 radical (unpaired) electrons. The fourth-order valence-corrected chi connectivity index (χ4v) is 5.63. The SMILES string of the molecule is Cc1nnc(C(C)C)n1-c1ccc(OC2c3cc(Cl)cc(Cl)c3C[C@@H]2N2CC[C@@H](O)C2)cc1. The molecule has 8 heteroatoms. The van der Waals surface area contributed by atoms with Crippen molar-refractivity contribution in [3.63, 3.8) is 0 Å². The van der Waals surface area contributed by atoms with Crippen LogP contribution in [0.1, 0.15) is 55.1 Å². The molecule has 6 nitrogen and oxygen atoms in total. The average molecular weight is 487 g/mol. The van der Waals surface area contributed by atoms with Crippen molar-refractivity contribution < 1.29 is 9.84 Å². The molecule has 3 atom stereocenters. The van der Waals surface area contributed by atoms with Crippen molar-refractivity contribution in [3.05, 3.63) is 69.2 Å². The maximum absolute atomic E-state index is 10.1. The van der Waals surface area contributed by atoms with Crippen molar-refractivity contribution in [1.82, 2.24) is 19.7 Å². The van der Waals surface area contributed by atoms with Gasteiger partial charge in [-0.15, -0.1) is 10.2 Å². The molecule has 5 rings (SSSR count). The number of aliphatic hydroxyl groups excluding tert-OH is 1. The minimum absolute atomic E-state index is 0.0976. The van der Waals surface area contributed by atoms with Crippen molar-refractivity contribution in [2.45, 2.75) is 57.8 Å². The van der Waals surface area contributed by atoms with Gasteiger partial charge in [0.05, 0.1) is 12.1 Å². The predicted molar refractivity (Wildman–Crippen MR) is 130 cm³/mol. The van der Waals surface area contributed by atoms with Gasteiger partial charge in [0.1, 0.15) is 23.5 Å². The summed E-state index contributed by atoms with van der Waals surface area (Å²) in [6.45, 7) is 7.67. The lowest BCUT2D eigenvalue weighted by atomic mass is 10.1. The molecule has 0 bridgehead atoms. The van der Waals surface area contributed by atoms with Gasteiger partial charge in [0, 0.05) is 40.3 Å². The topological polar surface area (TPSA) is 63.4 Å². The molecular weight excluding hydrogens is 459 g/mol. The first-order chi connectivity index (χ1) is 15.8. The van der Waals surface area contributed by atoms with Crippen LogP contribution in [0.2, 0.25) is 10.0 Å². The number of hydrogen-bond donors (Lipinski definition) is 1. The van der Waals surface area contributed by atoms with Crippen LogP contribution in [0.25, 0.3) is 5.69 Å². The number of nitrogens with zero attached hydrogens (tertiary/aromatic N) is 4. The smallest absolute Gasteiger partial charge is 0.140 e. The van der Waals surface area contributed by atoms with Crippen LogP contribution < -0.4 is 4.74 Å². The summed E-state index contributed by atoms with van der Waals surface area (Å²) in [6.07, 6.45) is 1.04.